The average Bonchev–Trinajstić information content (AvgIpc) is 3.51. The Morgan fingerprint density at radius 2 is 2.00 bits per heavy atom. The number of halogens is 2. The molecule has 0 bridgehead atoms. The first-order valence-electron chi connectivity index (χ1n) is 13.0. The number of hydrogen-bond acceptors (Lipinski definition) is 6. The molecule has 0 amide bonds. The molecule has 1 saturated heterocycles. The number of aromatic nitrogens is 4. The Morgan fingerprint density at radius 1 is 1.17 bits per heavy atom. The van der Waals surface area contributed by atoms with Gasteiger partial charge in [0.05, 0.1) is 35.0 Å². The lowest BCUT2D eigenvalue weighted by Gasteiger charge is -2.39. The lowest BCUT2D eigenvalue weighted by molar-refractivity contribution is 0.0247. The third-order valence-electron chi connectivity index (χ3n) is 8.21. The topological polar surface area (TPSA) is 79.9 Å². The van der Waals surface area contributed by atoms with Gasteiger partial charge < -0.3 is 14.2 Å². The molecule has 0 unspecified atom stereocenters. The summed E-state index contributed by atoms with van der Waals surface area (Å²) in [4.78, 5) is 15.9. The summed E-state index contributed by atoms with van der Waals surface area (Å²) in [6.07, 6.45) is 11.2. The van der Waals surface area contributed by atoms with Gasteiger partial charge in [-0.05, 0) is 50.0 Å². The van der Waals surface area contributed by atoms with Crippen LogP contribution in [0, 0.1) is 29.0 Å². The van der Waals surface area contributed by atoms with Gasteiger partial charge in [0.2, 0.25) is 5.95 Å². The fraction of sp³-hybridized carbons (Fsp3) is 0.556. The quantitative estimate of drug-likeness (QED) is 0.447. The molecule has 0 aromatic carbocycles. The molecule has 3 aliphatic rings. The number of fused-ring (bicyclic) bond motifs is 2. The first-order valence-corrected chi connectivity index (χ1v) is 13.4. The molecule has 1 aliphatic heterocycles. The van der Waals surface area contributed by atoms with Crippen LogP contribution in [0.3, 0.4) is 0 Å². The van der Waals surface area contributed by atoms with Crippen molar-refractivity contribution in [3.05, 3.63) is 35.0 Å². The van der Waals surface area contributed by atoms with E-state index >= 15 is 4.39 Å². The number of hydrogen-bond donors (Lipinski definition) is 0. The van der Waals surface area contributed by atoms with Gasteiger partial charge in [0.1, 0.15) is 11.6 Å². The predicted octanol–water partition coefficient (Wildman–Crippen LogP) is 5.74. The predicted molar refractivity (Wildman–Crippen MR) is 136 cm³/mol. The van der Waals surface area contributed by atoms with Crippen LogP contribution in [-0.2, 0) is 11.3 Å². The van der Waals surface area contributed by atoms with Crippen molar-refractivity contribution in [1.29, 1.82) is 5.26 Å². The highest BCUT2D eigenvalue weighted by Crippen LogP contribution is 2.40. The van der Waals surface area contributed by atoms with Crippen molar-refractivity contribution >= 4 is 28.6 Å². The van der Waals surface area contributed by atoms with Gasteiger partial charge in [-0.1, -0.05) is 31.4 Å². The van der Waals surface area contributed by atoms with E-state index in [0.29, 0.717) is 40.9 Å². The number of nitriles is 1. The van der Waals surface area contributed by atoms with Crippen molar-refractivity contribution in [2.24, 2.45) is 11.8 Å². The van der Waals surface area contributed by atoms with Crippen molar-refractivity contribution in [2.75, 3.05) is 18.1 Å². The maximum atomic E-state index is 15.7. The maximum Gasteiger partial charge on any atom is 0.207 e. The van der Waals surface area contributed by atoms with Gasteiger partial charge in [-0.2, -0.15) is 5.26 Å². The number of anilines is 1. The third kappa shape index (κ3) is 4.12. The van der Waals surface area contributed by atoms with E-state index in [4.69, 9.17) is 21.3 Å². The van der Waals surface area contributed by atoms with E-state index in [1.165, 1.54) is 12.8 Å². The highest BCUT2D eigenvalue weighted by molar-refractivity contribution is 6.30. The smallest absolute Gasteiger partial charge is 0.207 e. The lowest BCUT2D eigenvalue weighted by Crippen LogP contribution is -2.49. The Bertz CT molecular complexity index is 1330. The van der Waals surface area contributed by atoms with Crippen LogP contribution in [0.4, 0.5) is 10.3 Å². The number of imidazole rings is 1. The summed E-state index contributed by atoms with van der Waals surface area (Å²) in [7, 11) is 0. The van der Waals surface area contributed by atoms with Crippen molar-refractivity contribution in [3.63, 3.8) is 0 Å². The largest absolute Gasteiger partial charge is 0.374 e. The minimum absolute atomic E-state index is 0.178. The Balaban J connectivity index is 1.57. The molecule has 3 aromatic heterocycles. The Hall–Kier alpha value is -2.76. The second kappa shape index (κ2) is 9.60. The maximum absolute atomic E-state index is 15.7. The van der Waals surface area contributed by atoms with Crippen molar-refractivity contribution in [2.45, 2.75) is 70.6 Å². The zero-order valence-electron chi connectivity index (χ0n) is 20.5. The van der Waals surface area contributed by atoms with Gasteiger partial charge in [0, 0.05) is 31.0 Å². The van der Waals surface area contributed by atoms with E-state index in [1.807, 2.05) is 6.07 Å². The van der Waals surface area contributed by atoms with E-state index in [-0.39, 0.29) is 23.4 Å². The summed E-state index contributed by atoms with van der Waals surface area (Å²) in [6.45, 7) is 4.39. The first-order chi connectivity index (χ1) is 17.5. The first kappa shape index (κ1) is 23.6. The normalized spacial score (nSPS) is 26.2. The lowest BCUT2D eigenvalue weighted by atomic mass is 9.83. The van der Waals surface area contributed by atoms with Crippen molar-refractivity contribution < 1.29 is 9.13 Å². The second-order valence-corrected chi connectivity index (χ2v) is 11.0. The van der Waals surface area contributed by atoms with Gasteiger partial charge in [-0.15, -0.1) is 0 Å². The van der Waals surface area contributed by atoms with Gasteiger partial charge >= 0.3 is 0 Å². The van der Waals surface area contributed by atoms with Crippen LogP contribution in [0.1, 0.15) is 57.6 Å². The summed E-state index contributed by atoms with van der Waals surface area (Å²) >= 11 is 6.27. The van der Waals surface area contributed by atoms with E-state index in [1.54, 1.807) is 18.5 Å². The van der Waals surface area contributed by atoms with Crippen LogP contribution in [0.5, 0.6) is 0 Å². The highest BCUT2D eigenvalue weighted by atomic mass is 35.5. The molecule has 2 saturated carbocycles. The molecule has 2 aliphatic carbocycles. The van der Waals surface area contributed by atoms with Crippen LogP contribution in [0.25, 0.3) is 22.3 Å². The molecule has 0 spiro atoms. The molecule has 3 fully saturated rings. The summed E-state index contributed by atoms with van der Waals surface area (Å²) in [5.41, 5.74) is 1.69. The highest BCUT2D eigenvalue weighted by Gasteiger charge is 2.39. The minimum atomic E-state index is -0.667. The van der Waals surface area contributed by atoms with Crippen LogP contribution in [-0.4, -0.2) is 44.8 Å². The Kier molecular flexibility index (Phi) is 6.30. The molecule has 36 heavy (non-hydrogen) atoms. The van der Waals surface area contributed by atoms with Crippen LogP contribution in [0.15, 0.2) is 18.5 Å². The van der Waals surface area contributed by atoms with Crippen LogP contribution < -0.4 is 4.90 Å². The monoisotopic (exact) mass is 508 g/mol. The van der Waals surface area contributed by atoms with Crippen molar-refractivity contribution in [1.82, 2.24) is 19.5 Å². The fourth-order valence-corrected chi connectivity index (χ4v) is 6.49. The molecule has 6 rings (SSSR count). The number of ether oxygens (including phenoxy) is 1. The summed E-state index contributed by atoms with van der Waals surface area (Å²) < 4.78 is 23.9. The zero-order chi connectivity index (χ0) is 24.8. The van der Waals surface area contributed by atoms with Gasteiger partial charge in [0.15, 0.2) is 11.5 Å². The summed E-state index contributed by atoms with van der Waals surface area (Å²) in [5.74, 6) is 1.31. The fourth-order valence-electron chi connectivity index (χ4n) is 6.31. The van der Waals surface area contributed by atoms with Gasteiger partial charge in [-0.3, -0.25) is 4.98 Å². The molecular weight excluding hydrogens is 479 g/mol. The van der Waals surface area contributed by atoms with E-state index in [9.17, 15) is 5.26 Å². The standard InChI is InChI=1S/C27H30ClFN6O/c1-16-5-7-17(8-6-16)15-35-26-24(18-11-19(28)14-31-13-18)32-20(12-30)23(29)25(26)33-27(35)34-9-10-36-22-4-2-3-21(22)34/h11,13-14,16-17,21-22H,2-10,15H2,1H3/t16-,17-,21-,22-/m1/s1. The Morgan fingerprint density at radius 3 is 2.78 bits per heavy atom. The molecule has 0 radical (unpaired) electrons. The number of pyridine rings is 2. The average molecular weight is 509 g/mol. The minimum Gasteiger partial charge on any atom is -0.374 e. The van der Waals surface area contributed by atoms with Crippen LogP contribution >= 0.6 is 11.6 Å². The van der Waals surface area contributed by atoms with Crippen molar-refractivity contribution in [3.8, 4) is 17.3 Å². The molecule has 188 valence electrons. The van der Waals surface area contributed by atoms with E-state index in [0.717, 1.165) is 50.5 Å². The summed E-state index contributed by atoms with van der Waals surface area (Å²) in [5, 5.41) is 10.1. The van der Waals surface area contributed by atoms with E-state index < -0.39 is 5.82 Å². The second-order valence-electron chi connectivity index (χ2n) is 10.6. The molecule has 7 nitrogen and oxygen atoms in total. The third-order valence-corrected chi connectivity index (χ3v) is 8.42. The summed E-state index contributed by atoms with van der Waals surface area (Å²) in [6, 6.07) is 3.91. The number of nitrogens with zero attached hydrogens (tertiary/aromatic N) is 6. The molecule has 4 heterocycles. The zero-order valence-corrected chi connectivity index (χ0v) is 21.2. The van der Waals surface area contributed by atoms with Gasteiger partial charge in [0.25, 0.3) is 0 Å². The van der Waals surface area contributed by atoms with E-state index in [2.05, 4.69) is 26.4 Å². The molecule has 9 heteroatoms. The molecule has 0 N–H and O–H groups in total. The Labute approximate surface area is 215 Å². The number of rotatable bonds is 4. The molecular formula is C27H30ClFN6O. The SMILES string of the molecule is C[C@H]1CC[C@H](Cn2c(N3CCO[C@@H]4CCC[C@H]43)nc3c(F)c(C#N)nc(-c4cncc(Cl)c4)c32)CC1. The molecule has 3 aromatic rings. The van der Waals surface area contributed by atoms with Gasteiger partial charge in [-0.25, -0.2) is 14.4 Å². The number of morpholine rings is 1. The molecule has 2 atom stereocenters. The van der Waals surface area contributed by atoms with Crippen LogP contribution in [0.2, 0.25) is 5.02 Å².